The van der Waals surface area contributed by atoms with Gasteiger partial charge in [-0.15, -0.1) is 11.3 Å². The smallest absolute Gasteiger partial charge is 0.139 e. The van der Waals surface area contributed by atoms with Gasteiger partial charge in [0.2, 0.25) is 0 Å². The van der Waals surface area contributed by atoms with Crippen LogP contribution in [0.4, 0.5) is 10.1 Å². The molecule has 5 heteroatoms. The molecule has 15 heavy (non-hydrogen) atoms. The highest BCUT2D eigenvalue weighted by molar-refractivity contribution is 9.10. The van der Waals surface area contributed by atoms with Gasteiger partial charge in [-0.05, 0) is 39.5 Å². The van der Waals surface area contributed by atoms with Crippen molar-refractivity contribution in [1.82, 2.24) is 0 Å². The first-order chi connectivity index (χ1) is 7.16. The highest BCUT2D eigenvalue weighted by Crippen LogP contribution is 2.37. The third kappa shape index (κ3) is 2.53. The molecule has 1 aromatic heterocycles. The fourth-order valence-corrected chi connectivity index (χ4v) is 3.35. The molecular weight excluding hydrogens is 297 g/mol. The van der Waals surface area contributed by atoms with E-state index in [0.717, 1.165) is 9.10 Å². The van der Waals surface area contributed by atoms with Crippen molar-refractivity contribution >= 4 is 44.7 Å². The summed E-state index contributed by atoms with van der Waals surface area (Å²) in [5.74, 6) is -0.331. The molecule has 0 radical (unpaired) electrons. The third-order valence-electron chi connectivity index (χ3n) is 1.76. The summed E-state index contributed by atoms with van der Waals surface area (Å²) >= 11 is 6.32. The molecule has 0 aliphatic carbocycles. The zero-order chi connectivity index (χ0) is 10.8. The number of nitrogens with two attached hydrogens (primary N) is 1. The number of anilines is 1. The van der Waals surface area contributed by atoms with Crippen molar-refractivity contribution in [2.75, 3.05) is 5.73 Å². The zero-order valence-corrected chi connectivity index (χ0v) is 10.8. The zero-order valence-electron chi connectivity index (χ0n) is 7.54. The molecule has 2 N–H and O–H groups in total. The fraction of sp³-hybridized carbons (Fsp3) is 0. The fourth-order valence-electron chi connectivity index (χ4n) is 1.06. The first-order valence-corrected chi connectivity index (χ1v) is 6.61. The van der Waals surface area contributed by atoms with Gasteiger partial charge in [0, 0.05) is 10.6 Å². The largest absolute Gasteiger partial charge is 0.398 e. The van der Waals surface area contributed by atoms with Crippen molar-refractivity contribution in [2.45, 2.75) is 9.10 Å². The maximum absolute atomic E-state index is 13.1. The number of thiophene rings is 1. The normalized spacial score (nSPS) is 10.5. The molecule has 0 aliphatic heterocycles. The highest BCUT2D eigenvalue weighted by atomic mass is 79.9. The predicted octanol–water partition coefficient (Wildman–Crippen LogP) is 4.38. The van der Waals surface area contributed by atoms with Crippen molar-refractivity contribution in [2.24, 2.45) is 0 Å². The van der Waals surface area contributed by atoms with Crippen LogP contribution < -0.4 is 5.73 Å². The van der Waals surface area contributed by atoms with Gasteiger partial charge in [0.05, 0.1) is 8.68 Å². The lowest BCUT2D eigenvalue weighted by Crippen LogP contribution is -1.90. The van der Waals surface area contributed by atoms with Crippen LogP contribution in [0.3, 0.4) is 0 Å². The van der Waals surface area contributed by atoms with E-state index in [2.05, 4.69) is 15.9 Å². The number of hydrogen-bond donors (Lipinski definition) is 1. The molecular formula is C10H7BrFNS2. The Kier molecular flexibility index (Phi) is 3.33. The lowest BCUT2D eigenvalue weighted by atomic mass is 10.3. The van der Waals surface area contributed by atoms with Crippen LogP contribution in [-0.2, 0) is 0 Å². The van der Waals surface area contributed by atoms with Crippen molar-refractivity contribution < 1.29 is 4.39 Å². The van der Waals surface area contributed by atoms with E-state index >= 15 is 0 Å². The molecule has 2 rings (SSSR count). The van der Waals surface area contributed by atoms with Crippen molar-refractivity contribution in [1.29, 1.82) is 0 Å². The van der Waals surface area contributed by atoms with Crippen molar-refractivity contribution in [3.63, 3.8) is 0 Å². The van der Waals surface area contributed by atoms with Crippen LogP contribution >= 0.6 is 39.0 Å². The second-order valence-corrected chi connectivity index (χ2v) is 5.98. The first-order valence-electron chi connectivity index (χ1n) is 4.12. The molecule has 0 unspecified atom stereocenters. The summed E-state index contributed by atoms with van der Waals surface area (Å²) in [6.45, 7) is 0. The van der Waals surface area contributed by atoms with Crippen LogP contribution in [0.15, 0.2) is 43.2 Å². The van der Waals surface area contributed by atoms with Crippen molar-refractivity contribution in [3.05, 3.63) is 39.9 Å². The Bertz CT molecular complexity index is 471. The third-order valence-corrected chi connectivity index (χ3v) is 4.48. The summed E-state index contributed by atoms with van der Waals surface area (Å²) < 4.78 is 14.7. The maximum atomic E-state index is 13.1. The molecule has 1 nitrogen and oxygen atoms in total. The molecule has 0 spiro atoms. The van der Waals surface area contributed by atoms with E-state index < -0.39 is 0 Å². The maximum Gasteiger partial charge on any atom is 0.139 e. The summed E-state index contributed by atoms with van der Waals surface area (Å²) in [5, 5.41) is 2.00. The number of halogens is 2. The Morgan fingerprint density at radius 1 is 1.40 bits per heavy atom. The van der Waals surface area contributed by atoms with Crippen LogP contribution in [0, 0.1) is 5.82 Å². The molecule has 0 fully saturated rings. The van der Waals surface area contributed by atoms with Crippen LogP contribution in [0.1, 0.15) is 0 Å². The minimum atomic E-state index is -0.331. The Hall–Kier alpha value is -0.520. The molecule has 1 heterocycles. The van der Waals surface area contributed by atoms with E-state index in [0.29, 0.717) is 10.2 Å². The molecule has 0 aliphatic rings. The Morgan fingerprint density at radius 2 is 2.20 bits per heavy atom. The standard InChI is InChI=1S/C10H7BrFNS2/c11-6-4-9(8(13)5-7(6)12)15-10-2-1-3-14-10/h1-5H,13H2. The molecule has 1 aromatic carbocycles. The summed E-state index contributed by atoms with van der Waals surface area (Å²) in [7, 11) is 0. The Morgan fingerprint density at radius 3 is 2.87 bits per heavy atom. The van der Waals surface area contributed by atoms with E-state index in [1.165, 1.54) is 6.07 Å². The molecule has 0 saturated carbocycles. The monoisotopic (exact) mass is 303 g/mol. The van der Waals surface area contributed by atoms with Gasteiger partial charge in [0.25, 0.3) is 0 Å². The average Bonchev–Trinajstić information content (AvgIpc) is 2.67. The summed E-state index contributed by atoms with van der Waals surface area (Å²) in [4.78, 5) is 0.866. The lowest BCUT2D eigenvalue weighted by molar-refractivity contribution is 0.620. The number of benzene rings is 1. The van der Waals surface area contributed by atoms with E-state index in [1.54, 1.807) is 29.2 Å². The molecule has 0 bridgehead atoms. The van der Waals surface area contributed by atoms with E-state index in [9.17, 15) is 4.39 Å². The van der Waals surface area contributed by atoms with Gasteiger partial charge in [0.15, 0.2) is 0 Å². The number of nitrogen functional groups attached to an aromatic ring is 1. The first kappa shape index (κ1) is 11.0. The number of rotatable bonds is 2. The predicted molar refractivity (Wildman–Crippen MR) is 67.0 cm³/mol. The van der Waals surface area contributed by atoms with Crippen LogP contribution in [0.25, 0.3) is 0 Å². The number of hydrogen-bond acceptors (Lipinski definition) is 3. The topological polar surface area (TPSA) is 26.0 Å². The Balaban J connectivity index is 2.33. The summed E-state index contributed by atoms with van der Waals surface area (Å²) in [6.07, 6.45) is 0. The Labute approximate surface area is 104 Å². The SMILES string of the molecule is Nc1cc(F)c(Br)cc1Sc1cccs1. The minimum absolute atomic E-state index is 0.331. The van der Waals surface area contributed by atoms with Gasteiger partial charge in [-0.25, -0.2) is 4.39 Å². The van der Waals surface area contributed by atoms with Crippen LogP contribution in [0.5, 0.6) is 0 Å². The molecule has 2 aromatic rings. The van der Waals surface area contributed by atoms with Gasteiger partial charge < -0.3 is 5.73 Å². The summed E-state index contributed by atoms with van der Waals surface area (Å²) in [6, 6.07) is 7.02. The minimum Gasteiger partial charge on any atom is -0.398 e. The summed E-state index contributed by atoms with van der Waals surface area (Å²) in [5.41, 5.74) is 6.20. The van der Waals surface area contributed by atoms with E-state index in [-0.39, 0.29) is 5.82 Å². The second-order valence-electron chi connectivity index (χ2n) is 2.84. The van der Waals surface area contributed by atoms with Gasteiger partial charge >= 0.3 is 0 Å². The quantitative estimate of drug-likeness (QED) is 0.833. The molecule has 0 amide bonds. The van der Waals surface area contributed by atoms with Gasteiger partial charge in [0.1, 0.15) is 5.82 Å². The second kappa shape index (κ2) is 4.55. The van der Waals surface area contributed by atoms with E-state index in [1.807, 2.05) is 17.5 Å². The van der Waals surface area contributed by atoms with Crippen LogP contribution in [0.2, 0.25) is 0 Å². The van der Waals surface area contributed by atoms with Gasteiger partial charge in [-0.3, -0.25) is 0 Å². The average molecular weight is 304 g/mol. The molecule has 0 atom stereocenters. The van der Waals surface area contributed by atoms with Gasteiger partial charge in [-0.2, -0.15) is 0 Å². The lowest BCUT2D eigenvalue weighted by Gasteiger charge is -2.05. The van der Waals surface area contributed by atoms with Crippen molar-refractivity contribution in [3.8, 4) is 0 Å². The van der Waals surface area contributed by atoms with Crippen LogP contribution in [-0.4, -0.2) is 0 Å². The molecule has 0 saturated heterocycles. The molecule has 78 valence electrons. The highest BCUT2D eigenvalue weighted by Gasteiger charge is 2.07. The van der Waals surface area contributed by atoms with E-state index in [4.69, 9.17) is 5.73 Å². The van der Waals surface area contributed by atoms with Gasteiger partial charge in [-0.1, -0.05) is 17.8 Å².